The van der Waals surface area contributed by atoms with Crippen molar-refractivity contribution in [3.05, 3.63) is 0 Å². The van der Waals surface area contributed by atoms with E-state index in [-0.39, 0.29) is 5.38 Å². The van der Waals surface area contributed by atoms with E-state index in [0.29, 0.717) is 5.92 Å². The van der Waals surface area contributed by atoms with Gasteiger partial charge >= 0.3 is 5.97 Å². The van der Waals surface area contributed by atoms with E-state index >= 15 is 0 Å². The summed E-state index contributed by atoms with van der Waals surface area (Å²) < 4.78 is 0. The van der Waals surface area contributed by atoms with Crippen molar-refractivity contribution >= 4 is 17.6 Å². The highest BCUT2D eigenvalue weighted by atomic mass is 35.5. The van der Waals surface area contributed by atoms with Crippen LogP contribution in [0.1, 0.15) is 51.4 Å². The minimum Gasteiger partial charge on any atom is -0.481 e. The average Bonchev–Trinajstić information content (AvgIpc) is 2.69. The fourth-order valence-corrected chi connectivity index (χ4v) is 3.66. The van der Waals surface area contributed by atoms with Crippen LogP contribution in [0.3, 0.4) is 0 Å². The van der Waals surface area contributed by atoms with Crippen molar-refractivity contribution in [2.75, 3.05) is 0 Å². The molecule has 0 radical (unpaired) electrons. The predicted octanol–water partition coefficient (Wildman–Crippen LogP) is 3.43. The first-order valence-electron chi connectivity index (χ1n) is 6.02. The summed E-state index contributed by atoms with van der Waals surface area (Å²) in [6.07, 6.45) is 7.99. The molecule has 0 aromatic heterocycles. The topological polar surface area (TPSA) is 37.3 Å². The van der Waals surface area contributed by atoms with Gasteiger partial charge in [0.25, 0.3) is 0 Å². The molecule has 2 rings (SSSR count). The maximum atomic E-state index is 11.5. The van der Waals surface area contributed by atoms with Gasteiger partial charge in [-0.1, -0.05) is 12.8 Å². The Balaban J connectivity index is 2.08. The molecule has 3 heteroatoms. The zero-order valence-corrected chi connectivity index (χ0v) is 9.80. The van der Waals surface area contributed by atoms with Crippen molar-refractivity contribution < 1.29 is 9.90 Å². The zero-order valence-electron chi connectivity index (χ0n) is 9.04. The van der Waals surface area contributed by atoms with E-state index in [4.69, 9.17) is 11.6 Å². The smallest absolute Gasteiger partial charge is 0.309 e. The van der Waals surface area contributed by atoms with Gasteiger partial charge in [0, 0.05) is 5.38 Å². The monoisotopic (exact) mass is 230 g/mol. The molecular formula is C12H19ClO2. The molecule has 2 fully saturated rings. The van der Waals surface area contributed by atoms with E-state index in [1.165, 1.54) is 0 Å². The lowest BCUT2D eigenvalue weighted by Crippen LogP contribution is -2.38. The van der Waals surface area contributed by atoms with Crippen LogP contribution in [0.25, 0.3) is 0 Å². The fourth-order valence-electron chi connectivity index (χ4n) is 3.41. The third-order valence-electron chi connectivity index (χ3n) is 4.36. The van der Waals surface area contributed by atoms with Crippen LogP contribution in [0.2, 0.25) is 0 Å². The normalized spacial score (nSPS) is 35.3. The lowest BCUT2D eigenvalue weighted by molar-refractivity contribution is -0.153. The molecule has 0 bridgehead atoms. The summed E-state index contributed by atoms with van der Waals surface area (Å²) in [5.41, 5.74) is -0.392. The van der Waals surface area contributed by atoms with Gasteiger partial charge in [0.05, 0.1) is 5.41 Å². The second-order valence-corrected chi connectivity index (χ2v) is 5.73. The SMILES string of the molecule is O=C(O)C1(C2CCC(Cl)CC2)CCCC1. The molecule has 1 N–H and O–H groups in total. The molecule has 0 aromatic carbocycles. The molecule has 0 heterocycles. The van der Waals surface area contributed by atoms with E-state index in [1.54, 1.807) is 0 Å². The van der Waals surface area contributed by atoms with Gasteiger partial charge in [-0.3, -0.25) is 4.79 Å². The van der Waals surface area contributed by atoms with Gasteiger partial charge in [-0.2, -0.15) is 0 Å². The van der Waals surface area contributed by atoms with Crippen molar-refractivity contribution in [2.24, 2.45) is 11.3 Å². The maximum absolute atomic E-state index is 11.5. The lowest BCUT2D eigenvalue weighted by Gasteiger charge is -2.37. The van der Waals surface area contributed by atoms with Crippen LogP contribution < -0.4 is 0 Å². The highest BCUT2D eigenvalue weighted by Gasteiger charge is 2.48. The Labute approximate surface area is 96.0 Å². The fraction of sp³-hybridized carbons (Fsp3) is 0.917. The molecule has 0 spiro atoms. The number of alkyl halides is 1. The Hall–Kier alpha value is -0.240. The van der Waals surface area contributed by atoms with Crippen LogP contribution in [0.5, 0.6) is 0 Å². The van der Waals surface area contributed by atoms with Crippen molar-refractivity contribution in [1.82, 2.24) is 0 Å². The van der Waals surface area contributed by atoms with Crippen LogP contribution in [0.4, 0.5) is 0 Å². The predicted molar refractivity (Wildman–Crippen MR) is 60.1 cm³/mol. The quantitative estimate of drug-likeness (QED) is 0.738. The summed E-state index contributed by atoms with van der Waals surface area (Å²) in [5, 5.41) is 9.73. The van der Waals surface area contributed by atoms with Crippen molar-refractivity contribution in [1.29, 1.82) is 0 Å². The zero-order chi connectivity index (χ0) is 10.9. The third kappa shape index (κ3) is 2.01. The number of carboxylic acid groups (broad SMARTS) is 1. The maximum Gasteiger partial charge on any atom is 0.309 e. The van der Waals surface area contributed by atoms with Crippen LogP contribution in [-0.4, -0.2) is 16.5 Å². The molecule has 0 aliphatic heterocycles. The van der Waals surface area contributed by atoms with E-state index in [9.17, 15) is 9.90 Å². The van der Waals surface area contributed by atoms with E-state index in [2.05, 4.69) is 0 Å². The summed E-state index contributed by atoms with van der Waals surface area (Å²) >= 11 is 6.07. The number of carboxylic acids is 1. The highest BCUT2D eigenvalue weighted by molar-refractivity contribution is 6.20. The first-order valence-corrected chi connectivity index (χ1v) is 6.46. The van der Waals surface area contributed by atoms with Crippen LogP contribution in [0, 0.1) is 11.3 Å². The molecule has 0 aromatic rings. The number of halogens is 1. The standard InChI is InChI=1S/C12H19ClO2/c13-10-5-3-9(4-6-10)12(11(14)15)7-1-2-8-12/h9-10H,1-8H2,(H,14,15). The molecule has 0 atom stereocenters. The Morgan fingerprint density at radius 1 is 1.13 bits per heavy atom. The largest absolute Gasteiger partial charge is 0.481 e. The molecule has 2 aliphatic rings. The van der Waals surface area contributed by atoms with Gasteiger partial charge in [0.15, 0.2) is 0 Å². The van der Waals surface area contributed by atoms with Gasteiger partial charge in [-0.25, -0.2) is 0 Å². The minimum atomic E-state index is -0.557. The molecule has 0 unspecified atom stereocenters. The lowest BCUT2D eigenvalue weighted by atomic mass is 9.67. The second-order valence-electron chi connectivity index (χ2n) is 5.12. The summed E-state index contributed by atoms with van der Waals surface area (Å²) in [4.78, 5) is 11.5. The van der Waals surface area contributed by atoms with Crippen molar-refractivity contribution in [3.63, 3.8) is 0 Å². The van der Waals surface area contributed by atoms with Crippen molar-refractivity contribution in [3.8, 4) is 0 Å². The molecule has 15 heavy (non-hydrogen) atoms. The molecule has 2 nitrogen and oxygen atoms in total. The summed E-state index contributed by atoms with van der Waals surface area (Å²) in [6.45, 7) is 0. The van der Waals surface area contributed by atoms with Crippen LogP contribution in [0.15, 0.2) is 0 Å². The summed E-state index contributed by atoms with van der Waals surface area (Å²) in [6, 6.07) is 0. The Bertz CT molecular complexity index is 238. The number of rotatable bonds is 2. The summed E-state index contributed by atoms with van der Waals surface area (Å²) in [5.74, 6) is -0.175. The van der Waals surface area contributed by atoms with Gasteiger partial charge < -0.3 is 5.11 Å². The van der Waals surface area contributed by atoms with Crippen LogP contribution >= 0.6 is 11.6 Å². The van der Waals surface area contributed by atoms with E-state index in [0.717, 1.165) is 51.4 Å². The Kier molecular flexibility index (Phi) is 3.24. The first-order chi connectivity index (χ1) is 7.15. The molecule has 2 aliphatic carbocycles. The van der Waals surface area contributed by atoms with Gasteiger partial charge in [0.2, 0.25) is 0 Å². The van der Waals surface area contributed by atoms with Crippen molar-refractivity contribution in [2.45, 2.75) is 56.7 Å². The van der Waals surface area contributed by atoms with E-state index in [1.807, 2.05) is 0 Å². The first kappa shape index (κ1) is 11.3. The molecule has 86 valence electrons. The molecular weight excluding hydrogens is 212 g/mol. The molecule has 2 saturated carbocycles. The molecule has 0 amide bonds. The Morgan fingerprint density at radius 3 is 2.13 bits per heavy atom. The minimum absolute atomic E-state index is 0.286. The van der Waals surface area contributed by atoms with Crippen LogP contribution in [-0.2, 0) is 4.79 Å². The molecule has 0 saturated heterocycles. The van der Waals surface area contributed by atoms with Gasteiger partial charge in [-0.15, -0.1) is 11.6 Å². The van der Waals surface area contributed by atoms with Gasteiger partial charge in [0.1, 0.15) is 0 Å². The second kappa shape index (κ2) is 4.32. The number of hydrogen-bond donors (Lipinski definition) is 1. The number of aliphatic carboxylic acids is 1. The number of hydrogen-bond acceptors (Lipinski definition) is 1. The average molecular weight is 231 g/mol. The highest BCUT2D eigenvalue weighted by Crippen LogP contribution is 2.50. The van der Waals surface area contributed by atoms with E-state index < -0.39 is 11.4 Å². The Morgan fingerprint density at radius 2 is 1.67 bits per heavy atom. The number of carbonyl (C=O) groups is 1. The van der Waals surface area contributed by atoms with Gasteiger partial charge in [-0.05, 0) is 44.4 Å². The summed E-state index contributed by atoms with van der Waals surface area (Å²) in [7, 11) is 0. The third-order valence-corrected chi connectivity index (χ3v) is 4.80.